The molecule has 0 saturated heterocycles. The Morgan fingerprint density at radius 2 is 1.95 bits per heavy atom. The number of methoxy groups -OCH3 is 1. The van der Waals surface area contributed by atoms with Crippen LogP contribution in [0.25, 0.3) is 5.69 Å². The minimum absolute atomic E-state index is 0.0111. The molecule has 8 nitrogen and oxygen atoms in total. The Morgan fingerprint density at radius 3 is 2.70 bits per heavy atom. The van der Waals surface area contributed by atoms with Gasteiger partial charge in [0.05, 0.1) is 12.7 Å². The zero-order valence-corrected chi connectivity index (χ0v) is 23.4. The van der Waals surface area contributed by atoms with Crippen molar-refractivity contribution < 1.29 is 19.1 Å². The molecule has 40 heavy (non-hydrogen) atoms. The smallest absolute Gasteiger partial charge is 0.262 e. The number of hydrogen-bond donors (Lipinski definition) is 1. The number of aromatic nitrogens is 1. The molecule has 8 heteroatoms. The number of anilines is 1. The maximum atomic E-state index is 14.1. The summed E-state index contributed by atoms with van der Waals surface area (Å²) < 4.78 is 7.49. The predicted molar refractivity (Wildman–Crippen MR) is 155 cm³/mol. The summed E-state index contributed by atoms with van der Waals surface area (Å²) in [5, 5.41) is 3.05. The van der Waals surface area contributed by atoms with Gasteiger partial charge in [-0.05, 0) is 75.0 Å². The van der Waals surface area contributed by atoms with Gasteiger partial charge in [-0.15, -0.1) is 0 Å². The van der Waals surface area contributed by atoms with Crippen molar-refractivity contribution in [2.24, 2.45) is 5.41 Å². The molecule has 2 aliphatic rings. The van der Waals surface area contributed by atoms with Gasteiger partial charge >= 0.3 is 0 Å². The lowest BCUT2D eigenvalue weighted by atomic mass is 9.79. The number of carbonyl (C=O) groups is 3. The van der Waals surface area contributed by atoms with Crippen LogP contribution in [0.2, 0.25) is 0 Å². The number of rotatable bonds is 8. The molecule has 1 N–H and O–H groups in total. The highest BCUT2D eigenvalue weighted by Gasteiger charge is 2.39. The molecule has 0 saturated carbocycles. The Labute approximate surface area is 235 Å². The van der Waals surface area contributed by atoms with Gasteiger partial charge in [-0.2, -0.15) is 0 Å². The number of ether oxygens (including phenoxy) is 1. The van der Waals surface area contributed by atoms with E-state index in [1.165, 1.54) is 0 Å². The number of amides is 2. The van der Waals surface area contributed by atoms with Crippen LogP contribution in [-0.4, -0.2) is 68.4 Å². The number of fused-ring (bicyclic) bond motifs is 1. The second kappa shape index (κ2) is 11.5. The largest absolute Gasteiger partial charge is 0.496 e. The molecule has 1 unspecified atom stereocenters. The molecule has 2 amide bonds. The highest BCUT2D eigenvalue weighted by atomic mass is 16.5. The van der Waals surface area contributed by atoms with E-state index in [0.29, 0.717) is 30.0 Å². The molecular weight excluding hydrogens is 504 g/mol. The Bertz CT molecular complexity index is 1460. The molecule has 1 spiro atoms. The fourth-order valence-corrected chi connectivity index (χ4v) is 5.78. The average Bonchev–Trinajstić information content (AvgIpc) is 3.57. The fraction of sp³-hybridized carbons (Fsp3) is 0.344. The van der Waals surface area contributed by atoms with E-state index in [-0.39, 0.29) is 17.2 Å². The maximum Gasteiger partial charge on any atom is 0.262 e. The highest BCUT2D eigenvalue weighted by Crippen LogP contribution is 2.46. The summed E-state index contributed by atoms with van der Waals surface area (Å²) >= 11 is 0. The van der Waals surface area contributed by atoms with Crippen LogP contribution in [0.5, 0.6) is 5.75 Å². The minimum atomic E-state index is -0.169. The van der Waals surface area contributed by atoms with Crippen molar-refractivity contribution in [3.8, 4) is 11.4 Å². The van der Waals surface area contributed by atoms with Gasteiger partial charge in [0.15, 0.2) is 6.29 Å². The Balaban J connectivity index is 1.40. The molecule has 1 aliphatic carbocycles. The molecule has 2 aromatic carbocycles. The second-order valence-corrected chi connectivity index (χ2v) is 11.0. The van der Waals surface area contributed by atoms with Gasteiger partial charge in [0, 0.05) is 60.6 Å². The number of benzene rings is 2. The number of carbonyl (C=O) groups excluding carboxylic acids is 3. The first-order valence-electron chi connectivity index (χ1n) is 13.7. The average molecular weight is 541 g/mol. The van der Waals surface area contributed by atoms with Gasteiger partial charge in [-0.25, -0.2) is 0 Å². The van der Waals surface area contributed by atoms with Gasteiger partial charge in [-0.1, -0.05) is 24.3 Å². The van der Waals surface area contributed by atoms with Crippen molar-refractivity contribution in [2.75, 3.05) is 45.7 Å². The van der Waals surface area contributed by atoms with Crippen LogP contribution in [0.4, 0.5) is 5.69 Å². The van der Waals surface area contributed by atoms with Gasteiger partial charge < -0.3 is 24.4 Å². The van der Waals surface area contributed by atoms with E-state index in [0.717, 1.165) is 61.0 Å². The Hall–Kier alpha value is -4.17. The first-order valence-corrected chi connectivity index (χ1v) is 13.7. The number of likely N-dealkylation sites (N-methyl/N-ethyl adjacent to an activating group) is 1. The first kappa shape index (κ1) is 27.4. The number of allylic oxidation sites excluding steroid dienone is 1. The number of aldehydes is 1. The zero-order valence-electron chi connectivity index (χ0n) is 23.4. The zero-order chi connectivity index (χ0) is 28.3. The number of nitrogens with one attached hydrogen (secondary N) is 1. The molecule has 3 aromatic rings. The number of nitrogens with zero attached hydrogens (tertiary/aromatic N) is 3. The summed E-state index contributed by atoms with van der Waals surface area (Å²) in [5.41, 5.74) is 4.52. The van der Waals surface area contributed by atoms with Gasteiger partial charge in [-0.3, -0.25) is 14.4 Å². The van der Waals surface area contributed by atoms with E-state index in [4.69, 9.17) is 4.74 Å². The lowest BCUT2D eigenvalue weighted by Gasteiger charge is -2.26. The maximum absolute atomic E-state index is 14.1. The SMILES string of the molecule is COc1cc(-n2ccc(C=O)c2)ccc1C(=O)N1CCC2(C=C(C(=O)NCCN(C)C)CC2)Cc2ccccc21. The lowest BCUT2D eigenvalue weighted by Crippen LogP contribution is -2.33. The first-order chi connectivity index (χ1) is 19.3. The summed E-state index contributed by atoms with van der Waals surface area (Å²) in [6, 6.07) is 15.2. The number of hydrogen-bond acceptors (Lipinski definition) is 5. The molecule has 1 atom stereocenters. The van der Waals surface area contributed by atoms with Crippen LogP contribution in [0.15, 0.2) is 72.6 Å². The summed E-state index contributed by atoms with van der Waals surface area (Å²) in [5.74, 6) is 0.354. The summed E-state index contributed by atoms with van der Waals surface area (Å²) in [6.45, 7) is 1.95. The Kier molecular flexibility index (Phi) is 7.89. The monoisotopic (exact) mass is 540 g/mol. The summed E-state index contributed by atoms with van der Waals surface area (Å²) in [7, 11) is 5.54. The third-order valence-corrected chi connectivity index (χ3v) is 7.98. The van der Waals surface area contributed by atoms with Crippen molar-refractivity contribution >= 4 is 23.8 Å². The minimum Gasteiger partial charge on any atom is -0.496 e. The molecule has 2 heterocycles. The standard InChI is InChI=1S/C32H36N4O4/c1-34(2)17-14-33-30(38)25-10-12-32(20-25)13-16-36(28-7-5-4-6-24(28)19-32)31(39)27-9-8-26(18-29(27)40-3)35-15-11-23(21-35)22-37/h4-9,11,15,18,20-22H,10,12-14,16-17,19H2,1-3H3,(H,33,38). The Morgan fingerprint density at radius 1 is 1.12 bits per heavy atom. The third-order valence-electron chi connectivity index (χ3n) is 7.98. The van der Waals surface area contributed by atoms with Gasteiger partial charge in [0.2, 0.25) is 5.91 Å². The number of para-hydroxylation sites is 1. The van der Waals surface area contributed by atoms with Crippen molar-refractivity contribution in [1.29, 1.82) is 0 Å². The molecule has 0 radical (unpaired) electrons. The van der Waals surface area contributed by atoms with Crippen LogP contribution in [0.1, 0.15) is 45.5 Å². The summed E-state index contributed by atoms with van der Waals surface area (Å²) in [6.07, 6.45) is 9.68. The van der Waals surface area contributed by atoms with Crippen molar-refractivity contribution in [1.82, 2.24) is 14.8 Å². The lowest BCUT2D eigenvalue weighted by molar-refractivity contribution is -0.117. The van der Waals surface area contributed by atoms with E-state index < -0.39 is 0 Å². The van der Waals surface area contributed by atoms with E-state index >= 15 is 0 Å². The topological polar surface area (TPSA) is 83.9 Å². The third kappa shape index (κ3) is 5.58. The van der Waals surface area contributed by atoms with E-state index in [2.05, 4.69) is 17.5 Å². The highest BCUT2D eigenvalue weighted by molar-refractivity contribution is 6.08. The summed E-state index contributed by atoms with van der Waals surface area (Å²) in [4.78, 5) is 41.9. The van der Waals surface area contributed by atoms with Crippen LogP contribution < -0.4 is 15.0 Å². The molecule has 1 aliphatic heterocycles. The van der Waals surface area contributed by atoms with Crippen molar-refractivity contribution in [2.45, 2.75) is 25.7 Å². The van der Waals surface area contributed by atoms with Crippen LogP contribution >= 0.6 is 0 Å². The van der Waals surface area contributed by atoms with E-state index in [1.54, 1.807) is 31.6 Å². The molecular formula is C32H36N4O4. The second-order valence-electron chi connectivity index (χ2n) is 11.0. The quantitative estimate of drug-likeness (QED) is 0.432. The fourth-order valence-electron chi connectivity index (χ4n) is 5.78. The van der Waals surface area contributed by atoms with Crippen LogP contribution in [0, 0.1) is 5.41 Å². The molecule has 0 fully saturated rings. The van der Waals surface area contributed by atoms with Crippen LogP contribution in [-0.2, 0) is 11.2 Å². The van der Waals surface area contributed by atoms with Gasteiger partial charge in [0.25, 0.3) is 5.91 Å². The van der Waals surface area contributed by atoms with Crippen molar-refractivity contribution in [3.05, 3.63) is 89.3 Å². The van der Waals surface area contributed by atoms with Crippen molar-refractivity contribution in [3.63, 3.8) is 0 Å². The predicted octanol–water partition coefficient (Wildman–Crippen LogP) is 4.28. The van der Waals surface area contributed by atoms with E-state index in [1.807, 2.05) is 58.8 Å². The van der Waals surface area contributed by atoms with Gasteiger partial charge in [0.1, 0.15) is 5.75 Å². The van der Waals surface area contributed by atoms with Crippen LogP contribution in [0.3, 0.4) is 0 Å². The molecule has 208 valence electrons. The molecule has 5 rings (SSSR count). The normalized spacial score (nSPS) is 18.3. The van der Waals surface area contributed by atoms with E-state index in [9.17, 15) is 14.4 Å². The molecule has 1 aromatic heterocycles. The molecule has 0 bridgehead atoms.